The number of halogens is 1. The number of carbonyl (C=O) groups excluding carboxylic acids is 1. The van der Waals surface area contributed by atoms with E-state index in [1.807, 2.05) is 35.7 Å². The molecule has 0 saturated carbocycles. The van der Waals surface area contributed by atoms with E-state index in [-0.39, 0.29) is 16.7 Å². The van der Waals surface area contributed by atoms with E-state index >= 15 is 0 Å². The molecule has 4 rings (SSSR count). The molecule has 1 amide bonds. The van der Waals surface area contributed by atoms with Crippen LogP contribution >= 0.6 is 22.9 Å². The maximum Gasteiger partial charge on any atom is 0.243 e. The minimum Gasteiger partial charge on any atom is -0.350 e. The van der Waals surface area contributed by atoms with Gasteiger partial charge >= 0.3 is 0 Å². The highest BCUT2D eigenvalue weighted by atomic mass is 35.5. The second-order valence-corrected chi connectivity index (χ2v) is 10.6. The lowest BCUT2D eigenvalue weighted by Crippen LogP contribution is -2.42. The van der Waals surface area contributed by atoms with Crippen molar-refractivity contribution >= 4 is 38.9 Å². The summed E-state index contributed by atoms with van der Waals surface area (Å²) < 4.78 is 27.0. The van der Waals surface area contributed by atoms with Gasteiger partial charge in [0.05, 0.1) is 17.1 Å². The Morgan fingerprint density at radius 2 is 1.77 bits per heavy atom. The number of nitrogens with one attached hydrogen (secondary N) is 1. The number of hydrogen-bond acceptors (Lipinski definition) is 5. The lowest BCUT2D eigenvalue weighted by molar-refractivity contribution is -0.126. The van der Waals surface area contributed by atoms with Gasteiger partial charge in [0.2, 0.25) is 15.9 Å². The van der Waals surface area contributed by atoms with Gasteiger partial charge < -0.3 is 5.32 Å². The van der Waals surface area contributed by atoms with Crippen molar-refractivity contribution in [3.05, 3.63) is 70.7 Å². The molecule has 162 valence electrons. The van der Waals surface area contributed by atoms with Gasteiger partial charge in [-0.05, 0) is 37.1 Å². The van der Waals surface area contributed by atoms with E-state index in [4.69, 9.17) is 11.6 Å². The second kappa shape index (κ2) is 9.48. The summed E-state index contributed by atoms with van der Waals surface area (Å²) in [5, 5.41) is 6.31. The molecule has 2 aromatic carbocycles. The Balaban J connectivity index is 1.30. The molecule has 1 saturated heterocycles. The van der Waals surface area contributed by atoms with E-state index in [9.17, 15) is 13.2 Å². The highest BCUT2D eigenvalue weighted by molar-refractivity contribution is 7.89. The summed E-state index contributed by atoms with van der Waals surface area (Å²) in [6.07, 6.45) is 0.982. The SMILES string of the molecule is O=C(NCc1csc(-c2ccccc2)n1)C1CCN(S(=O)(=O)c2ccc(Cl)cc2)CC1. The first kappa shape index (κ1) is 22.0. The number of aromatic nitrogens is 1. The zero-order chi connectivity index (χ0) is 21.8. The number of amides is 1. The van der Waals surface area contributed by atoms with Gasteiger partial charge in [-0.1, -0.05) is 41.9 Å². The number of rotatable bonds is 6. The Labute approximate surface area is 190 Å². The summed E-state index contributed by atoms with van der Waals surface area (Å²) in [6.45, 7) is 1.00. The highest BCUT2D eigenvalue weighted by Gasteiger charge is 2.32. The summed E-state index contributed by atoms with van der Waals surface area (Å²) in [6, 6.07) is 16.1. The molecule has 3 aromatic rings. The molecule has 9 heteroatoms. The number of sulfonamides is 1. The number of thiazole rings is 1. The Hall–Kier alpha value is -2.26. The fourth-order valence-corrected chi connectivity index (χ4v) is 5.96. The number of piperidine rings is 1. The molecule has 1 aliphatic heterocycles. The second-order valence-electron chi connectivity index (χ2n) is 7.36. The van der Waals surface area contributed by atoms with Crippen molar-refractivity contribution in [3.8, 4) is 10.6 Å². The Kier molecular flexibility index (Phi) is 6.71. The summed E-state index contributed by atoms with van der Waals surface area (Å²) in [4.78, 5) is 17.4. The van der Waals surface area contributed by atoms with Crippen LogP contribution in [0.1, 0.15) is 18.5 Å². The van der Waals surface area contributed by atoms with Crippen molar-refractivity contribution in [1.82, 2.24) is 14.6 Å². The molecule has 0 radical (unpaired) electrons. The van der Waals surface area contributed by atoms with Crippen molar-refractivity contribution < 1.29 is 13.2 Å². The third-order valence-electron chi connectivity index (χ3n) is 5.29. The van der Waals surface area contributed by atoms with Crippen LogP contribution in [-0.4, -0.2) is 36.7 Å². The van der Waals surface area contributed by atoms with Crippen molar-refractivity contribution in [2.24, 2.45) is 5.92 Å². The number of carbonyl (C=O) groups is 1. The van der Waals surface area contributed by atoms with Gasteiger partial charge in [0.25, 0.3) is 0 Å². The van der Waals surface area contributed by atoms with Gasteiger partial charge in [0, 0.05) is 35.0 Å². The van der Waals surface area contributed by atoms with E-state index in [0.29, 0.717) is 37.5 Å². The zero-order valence-electron chi connectivity index (χ0n) is 16.7. The smallest absolute Gasteiger partial charge is 0.243 e. The van der Waals surface area contributed by atoms with E-state index in [2.05, 4.69) is 10.3 Å². The molecule has 0 spiro atoms. The summed E-state index contributed by atoms with van der Waals surface area (Å²) >= 11 is 7.40. The lowest BCUT2D eigenvalue weighted by atomic mass is 9.97. The topological polar surface area (TPSA) is 79.4 Å². The molecule has 0 bridgehead atoms. The monoisotopic (exact) mass is 475 g/mol. The first-order chi connectivity index (χ1) is 14.9. The highest BCUT2D eigenvalue weighted by Crippen LogP contribution is 2.26. The van der Waals surface area contributed by atoms with Crippen LogP contribution in [0.25, 0.3) is 10.6 Å². The van der Waals surface area contributed by atoms with Gasteiger partial charge in [-0.15, -0.1) is 11.3 Å². The van der Waals surface area contributed by atoms with Gasteiger partial charge in [-0.3, -0.25) is 4.79 Å². The molecular formula is C22H22ClN3O3S2. The molecule has 6 nitrogen and oxygen atoms in total. The third kappa shape index (κ3) is 5.15. The Morgan fingerprint density at radius 3 is 2.45 bits per heavy atom. The van der Waals surface area contributed by atoms with Gasteiger partial charge in [-0.2, -0.15) is 4.31 Å². The third-order valence-corrected chi connectivity index (χ3v) is 8.40. The first-order valence-electron chi connectivity index (χ1n) is 9.97. The predicted molar refractivity (Wildman–Crippen MR) is 122 cm³/mol. The van der Waals surface area contributed by atoms with Crippen LogP contribution in [0.5, 0.6) is 0 Å². The standard InChI is InChI=1S/C22H22ClN3O3S2/c23-18-6-8-20(9-7-18)31(28,29)26-12-10-16(11-13-26)21(27)24-14-19-15-30-22(25-19)17-4-2-1-3-5-17/h1-9,15-16H,10-14H2,(H,24,27). The largest absolute Gasteiger partial charge is 0.350 e. The van der Waals surface area contributed by atoms with Gasteiger partial charge in [0.1, 0.15) is 5.01 Å². The minimum absolute atomic E-state index is 0.0576. The zero-order valence-corrected chi connectivity index (χ0v) is 19.1. The summed E-state index contributed by atoms with van der Waals surface area (Å²) in [5.41, 5.74) is 1.87. The fraction of sp³-hybridized carbons (Fsp3) is 0.273. The molecule has 0 atom stereocenters. The molecule has 1 aliphatic rings. The maximum atomic E-state index is 12.8. The van der Waals surface area contributed by atoms with Crippen molar-refractivity contribution in [2.75, 3.05) is 13.1 Å². The predicted octanol–water partition coefficient (Wildman–Crippen LogP) is 4.18. The molecule has 1 N–H and O–H groups in total. The van der Waals surface area contributed by atoms with Crippen LogP contribution in [0.3, 0.4) is 0 Å². The minimum atomic E-state index is -3.57. The van der Waals surface area contributed by atoms with Crippen molar-refractivity contribution in [1.29, 1.82) is 0 Å². The van der Waals surface area contributed by atoms with Crippen LogP contribution in [0.4, 0.5) is 0 Å². The van der Waals surface area contributed by atoms with Crippen molar-refractivity contribution in [3.63, 3.8) is 0 Å². The molecule has 0 aliphatic carbocycles. The fourth-order valence-electron chi connectivity index (χ4n) is 3.54. The van der Waals surface area contributed by atoms with Gasteiger partial charge in [-0.25, -0.2) is 13.4 Å². The first-order valence-corrected chi connectivity index (χ1v) is 12.7. The summed E-state index contributed by atoms with van der Waals surface area (Å²) in [5.74, 6) is -0.262. The molecule has 2 heterocycles. The molecule has 31 heavy (non-hydrogen) atoms. The quantitative estimate of drug-likeness (QED) is 0.580. The van der Waals surface area contributed by atoms with Crippen LogP contribution in [0.2, 0.25) is 5.02 Å². The Bertz CT molecular complexity index is 1140. The van der Waals surface area contributed by atoms with Gasteiger partial charge in [0.15, 0.2) is 0 Å². The number of nitrogens with zero attached hydrogens (tertiary/aromatic N) is 2. The number of benzene rings is 2. The summed E-state index contributed by atoms with van der Waals surface area (Å²) in [7, 11) is -3.57. The van der Waals surface area contributed by atoms with E-state index in [0.717, 1.165) is 16.3 Å². The van der Waals surface area contributed by atoms with Crippen LogP contribution in [-0.2, 0) is 21.4 Å². The molecule has 1 aromatic heterocycles. The van der Waals surface area contributed by atoms with E-state index < -0.39 is 10.0 Å². The van der Waals surface area contributed by atoms with E-state index in [1.165, 1.54) is 16.4 Å². The normalized spacial score (nSPS) is 15.6. The average Bonchev–Trinajstić information content (AvgIpc) is 3.27. The van der Waals surface area contributed by atoms with E-state index in [1.54, 1.807) is 23.5 Å². The van der Waals surface area contributed by atoms with Crippen molar-refractivity contribution in [2.45, 2.75) is 24.3 Å². The van der Waals surface area contributed by atoms with Crippen LogP contribution < -0.4 is 5.32 Å². The average molecular weight is 476 g/mol. The Morgan fingerprint density at radius 1 is 1.10 bits per heavy atom. The lowest BCUT2D eigenvalue weighted by Gasteiger charge is -2.30. The van der Waals surface area contributed by atoms with Crippen LogP contribution in [0.15, 0.2) is 64.9 Å². The molecule has 1 fully saturated rings. The maximum absolute atomic E-state index is 12.8. The molecular weight excluding hydrogens is 454 g/mol. The molecule has 0 unspecified atom stereocenters. The number of hydrogen-bond donors (Lipinski definition) is 1. The van der Waals surface area contributed by atoms with Crippen LogP contribution in [0, 0.1) is 5.92 Å².